The van der Waals surface area contributed by atoms with Gasteiger partial charge in [0.25, 0.3) is 0 Å². The quantitative estimate of drug-likeness (QED) is 0.189. The van der Waals surface area contributed by atoms with Gasteiger partial charge in [0.1, 0.15) is 0 Å². The molecule has 1 aromatic heterocycles. The molecule has 4 atom stereocenters. The molecule has 0 spiro atoms. The average Bonchev–Trinajstić information content (AvgIpc) is 3.46. The van der Waals surface area contributed by atoms with Crippen molar-refractivity contribution in [3.63, 3.8) is 0 Å². The van der Waals surface area contributed by atoms with Gasteiger partial charge in [0.15, 0.2) is 6.04 Å². The minimum atomic E-state index is -0.0491. The third kappa shape index (κ3) is 3.77. The van der Waals surface area contributed by atoms with Gasteiger partial charge in [-0.25, -0.2) is 0 Å². The summed E-state index contributed by atoms with van der Waals surface area (Å²) in [5.41, 5.74) is 12.1. The van der Waals surface area contributed by atoms with Crippen LogP contribution in [0.1, 0.15) is 91.0 Å². The molecule has 0 fully saturated rings. The molecule has 0 amide bonds. The maximum atomic E-state index is 10.4. The van der Waals surface area contributed by atoms with E-state index in [0.717, 1.165) is 5.57 Å². The molecule has 41 heavy (non-hydrogen) atoms. The third-order valence-electron chi connectivity index (χ3n) is 9.96. The van der Waals surface area contributed by atoms with E-state index in [4.69, 9.17) is 4.74 Å². The molecule has 3 heterocycles. The van der Waals surface area contributed by atoms with Crippen LogP contribution in [0.3, 0.4) is 0 Å². The maximum absolute atomic E-state index is 10.4. The number of benzene rings is 3. The number of aliphatic hydroxyl groups excluding tert-OH is 1. The number of hydrogen-bond acceptors (Lipinski definition) is 3. The van der Waals surface area contributed by atoms with Gasteiger partial charge in [-0.3, -0.25) is 0 Å². The highest BCUT2D eigenvalue weighted by Crippen LogP contribution is 2.68. The summed E-state index contributed by atoms with van der Waals surface area (Å²) in [4.78, 5) is 1.43. The highest BCUT2D eigenvalue weighted by molar-refractivity contribution is 8.00. The third-order valence-corrected chi connectivity index (χ3v) is 11.4. The number of aliphatic hydroxyl groups is 1. The molecule has 3 nitrogen and oxygen atoms in total. The van der Waals surface area contributed by atoms with Gasteiger partial charge in [-0.2, -0.15) is 4.57 Å². The van der Waals surface area contributed by atoms with Crippen LogP contribution in [-0.2, 0) is 10.2 Å². The topological polar surface area (TPSA) is 33.3 Å². The Labute approximate surface area is 248 Å². The number of para-hydroxylation sites is 1. The lowest BCUT2D eigenvalue weighted by atomic mass is 9.69. The fourth-order valence-corrected chi connectivity index (χ4v) is 10.1. The molecular weight excluding hydrogens is 522 g/mol. The lowest BCUT2D eigenvalue weighted by molar-refractivity contribution is -0.685. The fourth-order valence-electron chi connectivity index (χ4n) is 8.39. The molecule has 4 aromatic rings. The van der Waals surface area contributed by atoms with Gasteiger partial charge < -0.3 is 9.84 Å². The van der Waals surface area contributed by atoms with Crippen LogP contribution in [0.4, 0.5) is 0 Å². The van der Waals surface area contributed by atoms with E-state index in [1.807, 2.05) is 11.8 Å². The number of thioether (sulfide) groups is 1. The standard InChI is InChI=1S/C37H40NO2S/c1-21(2)28-19-30-32-24(15-16-27-33(32)37(4,5)34-26-12-8-10-14-31(26)41-36(27)34)25(17-18-39)35(22(3)20-40-6)38(30)29-13-9-7-11-23(28)29/h7-16,19,21,25,34-36,39H,3,17-18,20H2,1-2,4-6H3/q+1. The molecule has 0 radical (unpaired) electrons. The van der Waals surface area contributed by atoms with Gasteiger partial charge in [0, 0.05) is 52.9 Å². The highest BCUT2D eigenvalue weighted by Gasteiger charge is 2.55. The summed E-state index contributed by atoms with van der Waals surface area (Å²) in [6.07, 6.45) is 0.677. The minimum Gasteiger partial charge on any atom is -0.396 e. The number of ether oxygens (including phenoxy) is 1. The van der Waals surface area contributed by atoms with Crippen molar-refractivity contribution in [2.45, 2.75) is 73.5 Å². The van der Waals surface area contributed by atoms with Crippen molar-refractivity contribution >= 4 is 22.7 Å². The summed E-state index contributed by atoms with van der Waals surface area (Å²) in [5, 5.41) is 12.1. The molecule has 0 bridgehead atoms. The number of fused-ring (bicyclic) bond motifs is 11. The van der Waals surface area contributed by atoms with E-state index in [2.05, 4.69) is 106 Å². The second kappa shape index (κ2) is 9.83. The van der Waals surface area contributed by atoms with Crippen LogP contribution in [0.15, 0.2) is 83.8 Å². The SMILES string of the molecule is C=C(COC)C1C(CCO)c2ccc3c(c2-c2cc(C(C)C)c4ccccc4[n+]21)C(C)(C)C1c2ccccc2SC31. The number of methoxy groups -OCH3 is 1. The largest absolute Gasteiger partial charge is 0.396 e. The normalized spacial score (nSPS) is 23.2. The summed E-state index contributed by atoms with van der Waals surface area (Å²) >= 11 is 2.04. The van der Waals surface area contributed by atoms with Crippen molar-refractivity contribution in [3.05, 3.63) is 107 Å². The smallest absolute Gasteiger partial charge is 0.214 e. The first kappa shape index (κ1) is 26.9. The van der Waals surface area contributed by atoms with Gasteiger partial charge in [0.2, 0.25) is 11.2 Å². The Balaban J connectivity index is 1.58. The predicted octanol–water partition coefficient (Wildman–Crippen LogP) is 8.36. The summed E-state index contributed by atoms with van der Waals surface area (Å²) in [7, 11) is 1.75. The van der Waals surface area contributed by atoms with E-state index >= 15 is 0 Å². The molecule has 1 aliphatic carbocycles. The van der Waals surface area contributed by atoms with Crippen LogP contribution in [0.2, 0.25) is 0 Å². The Morgan fingerprint density at radius 1 is 1.02 bits per heavy atom. The first-order valence-corrected chi connectivity index (χ1v) is 15.8. The Morgan fingerprint density at radius 3 is 2.51 bits per heavy atom. The molecule has 0 saturated heterocycles. The van der Waals surface area contributed by atoms with E-state index in [-0.39, 0.29) is 24.0 Å². The van der Waals surface area contributed by atoms with E-state index in [1.54, 1.807) is 7.11 Å². The number of rotatable bonds is 6. The minimum absolute atomic E-state index is 0.00659. The first-order valence-electron chi connectivity index (χ1n) is 15.0. The molecule has 4 heteroatoms. The number of hydrogen-bond donors (Lipinski definition) is 1. The highest BCUT2D eigenvalue weighted by atomic mass is 32.2. The lowest BCUT2D eigenvalue weighted by Crippen LogP contribution is -2.50. The van der Waals surface area contributed by atoms with Crippen molar-refractivity contribution < 1.29 is 14.4 Å². The average molecular weight is 563 g/mol. The zero-order valence-corrected chi connectivity index (χ0v) is 25.6. The van der Waals surface area contributed by atoms with Crippen molar-refractivity contribution in [2.24, 2.45) is 0 Å². The molecular formula is C37H40NO2S+. The van der Waals surface area contributed by atoms with Gasteiger partial charge in [-0.1, -0.05) is 76.7 Å². The van der Waals surface area contributed by atoms with Crippen molar-refractivity contribution in [1.29, 1.82) is 0 Å². The Hall–Kier alpha value is -2.92. The molecule has 3 aromatic carbocycles. The number of pyridine rings is 1. The molecule has 1 N–H and O–H groups in total. The Kier molecular flexibility index (Phi) is 6.46. The van der Waals surface area contributed by atoms with E-state index in [1.165, 1.54) is 54.9 Å². The maximum Gasteiger partial charge on any atom is 0.214 e. The van der Waals surface area contributed by atoms with Gasteiger partial charge in [-0.05, 0) is 57.7 Å². The Bertz CT molecular complexity index is 1700. The molecule has 210 valence electrons. The van der Waals surface area contributed by atoms with Crippen LogP contribution >= 0.6 is 11.8 Å². The summed E-state index contributed by atoms with van der Waals surface area (Å²) in [6.45, 7) is 14.7. The van der Waals surface area contributed by atoms with Crippen LogP contribution in [0, 0.1) is 0 Å². The van der Waals surface area contributed by atoms with Crippen molar-refractivity contribution in [2.75, 3.05) is 20.3 Å². The number of aromatic nitrogens is 1. The molecule has 3 aliphatic rings. The van der Waals surface area contributed by atoms with Crippen LogP contribution in [0.25, 0.3) is 22.2 Å². The summed E-state index contributed by atoms with van der Waals surface area (Å²) in [5.74, 6) is 0.919. The molecule has 2 aliphatic heterocycles. The van der Waals surface area contributed by atoms with Gasteiger partial charge in [-0.15, -0.1) is 11.8 Å². The number of nitrogens with zero attached hydrogens (tertiary/aromatic N) is 1. The lowest BCUT2D eigenvalue weighted by Gasteiger charge is -2.36. The van der Waals surface area contributed by atoms with Crippen molar-refractivity contribution in [3.8, 4) is 11.3 Å². The zero-order chi connectivity index (χ0) is 28.6. The molecule has 7 rings (SSSR count). The second-order valence-electron chi connectivity index (χ2n) is 13.0. The van der Waals surface area contributed by atoms with E-state index in [0.29, 0.717) is 30.1 Å². The van der Waals surface area contributed by atoms with E-state index in [9.17, 15) is 5.11 Å². The predicted molar refractivity (Wildman–Crippen MR) is 169 cm³/mol. The fraction of sp³-hybridized carbons (Fsp3) is 0.378. The molecule has 4 unspecified atom stereocenters. The van der Waals surface area contributed by atoms with Crippen molar-refractivity contribution in [1.82, 2.24) is 0 Å². The van der Waals surface area contributed by atoms with Crippen LogP contribution in [0.5, 0.6) is 0 Å². The molecule has 0 saturated carbocycles. The van der Waals surface area contributed by atoms with Crippen LogP contribution < -0.4 is 4.57 Å². The van der Waals surface area contributed by atoms with Gasteiger partial charge >= 0.3 is 0 Å². The Morgan fingerprint density at radius 2 is 1.76 bits per heavy atom. The van der Waals surface area contributed by atoms with Crippen LogP contribution in [-0.4, -0.2) is 25.4 Å². The zero-order valence-electron chi connectivity index (χ0n) is 24.8. The summed E-state index contributed by atoms with van der Waals surface area (Å²) in [6, 6.07) is 25.1. The van der Waals surface area contributed by atoms with Gasteiger partial charge in [0.05, 0.1) is 18.1 Å². The summed E-state index contributed by atoms with van der Waals surface area (Å²) < 4.78 is 8.23. The second-order valence-corrected chi connectivity index (χ2v) is 14.1. The van der Waals surface area contributed by atoms with E-state index < -0.39 is 0 Å². The monoisotopic (exact) mass is 562 g/mol. The first-order chi connectivity index (χ1) is 19.8.